The Labute approximate surface area is 274 Å². The summed E-state index contributed by atoms with van der Waals surface area (Å²) in [5.74, 6) is -2.56. The lowest BCUT2D eigenvalue weighted by atomic mass is 9.93. The lowest BCUT2D eigenvalue weighted by Crippen LogP contribution is -2.53. The summed E-state index contributed by atoms with van der Waals surface area (Å²) in [6.45, 7) is 1.32. The van der Waals surface area contributed by atoms with Crippen molar-refractivity contribution in [1.82, 2.24) is 15.3 Å². The van der Waals surface area contributed by atoms with Crippen LogP contribution in [-0.2, 0) is 14.2 Å². The van der Waals surface area contributed by atoms with Crippen LogP contribution in [-0.4, -0.2) is 102 Å². The Kier molecular flexibility index (Phi) is 9.54. The van der Waals surface area contributed by atoms with Crippen molar-refractivity contribution < 1.29 is 53.4 Å². The average Bonchev–Trinajstić information content (AvgIpc) is 3.08. The number of aliphatic hydroxyl groups is 2. The van der Waals surface area contributed by atoms with Crippen LogP contribution >= 0.6 is 0 Å². The molecule has 48 heavy (non-hydrogen) atoms. The van der Waals surface area contributed by atoms with Crippen molar-refractivity contribution in [1.29, 1.82) is 0 Å². The number of aliphatic hydroxyl groups excluding tert-OH is 2. The fourth-order valence-corrected chi connectivity index (χ4v) is 5.71. The summed E-state index contributed by atoms with van der Waals surface area (Å²) in [7, 11) is 5.34. The Morgan fingerprint density at radius 2 is 1.69 bits per heavy atom. The number of carbonyl (C=O) groups excluding carboxylic acids is 3. The van der Waals surface area contributed by atoms with E-state index in [1.165, 1.54) is 52.7 Å². The number of nitrogens with two attached hydrogens (primary N) is 2. The molecule has 0 radical (unpaired) electrons. The average molecular weight is 666 g/mol. The molecule has 5 rings (SSSR count). The van der Waals surface area contributed by atoms with Gasteiger partial charge in [-0.3, -0.25) is 14.4 Å². The Morgan fingerprint density at radius 3 is 2.33 bits per heavy atom. The van der Waals surface area contributed by atoms with Crippen LogP contribution in [0.2, 0.25) is 0 Å². The smallest absolute Gasteiger partial charge is 0.270 e. The topological polar surface area (TPSA) is 248 Å². The van der Waals surface area contributed by atoms with E-state index in [1.54, 1.807) is 6.92 Å². The number of carbonyl (C=O) groups is 3. The molecule has 16 nitrogen and oxygen atoms in total. The van der Waals surface area contributed by atoms with Crippen molar-refractivity contribution in [2.45, 2.75) is 37.9 Å². The molecule has 1 aromatic carbocycles. The molecule has 1 aliphatic heterocycles. The quantitative estimate of drug-likeness (QED) is 0.185. The van der Waals surface area contributed by atoms with Crippen LogP contribution in [0.25, 0.3) is 22.5 Å². The number of nitrogens with one attached hydrogen (secondary N) is 1. The summed E-state index contributed by atoms with van der Waals surface area (Å²) in [6, 6.07) is 5.79. The lowest BCUT2D eigenvalue weighted by molar-refractivity contribution is -0.240. The molecule has 4 atom stereocenters. The summed E-state index contributed by atoms with van der Waals surface area (Å²) >= 11 is 0. The molecule has 3 aromatic rings. The highest BCUT2D eigenvalue weighted by atomic mass is 16.7. The van der Waals surface area contributed by atoms with E-state index in [4.69, 9.17) is 35.2 Å². The maximum absolute atomic E-state index is 13.8. The van der Waals surface area contributed by atoms with Gasteiger partial charge in [0.05, 0.1) is 44.4 Å². The molecule has 16 heteroatoms. The number of nitrogen functional groups attached to an aromatic ring is 1. The minimum Gasteiger partial charge on any atom is -0.504 e. The van der Waals surface area contributed by atoms with Crippen LogP contribution in [0.4, 0.5) is 5.69 Å². The summed E-state index contributed by atoms with van der Waals surface area (Å²) in [6.07, 6.45) is -4.25. The fraction of sp³-hybridized carbons (Fsp3) is 0.344. The predicted molar refractivity (Wildman–Crippen MR) is 168 cm³/mol. The number of Topliss-reactive ketones (excluding diaryl/α,β-unsaturated/α-hetero) is 2. The van der Waals surface area contributed by atoms with Crippen LogP contribution in [0.1, 0.15) is 43.3 Å². The van der Waals surface area contributed by atoms with Crippen molar-refractivity contribution in [2.75, 3.05) is 40.7 Å². The van der Waals surface area contributed by atoms with Gasteiger partial charge in [-0.15, -0.1) is 0 Å². The second-order valence-electron chi connectivity index (χ2n) is 11.0. The molecule has 8 N–H and O–H groups in total. The fourth-order valence-electron chi connectivity index (χ4n) is 5.71. The number of rotatable bonds is 9. The van der Waals surface area contributed by atoms with Gasteiger partial charge in [-0.1, -0.05) is 0 Å². The van der Waals surface area contributed by atoms with Crippen molar-refractivity contribution in [3.05, 3.63) is 58.2 Å². The standard InChI is InChI=1S/C32H35N5O11/c1-12-20(13-7-9-17(44-2)30(46-4)26(13)39)21(33)25(15-8-6-14-24(36-15)29(42)22(34)31(47-5)27(14)40)37-23(12)32(43)35-11-18-28(41)16(38)10-19(45-3)48-18/h6-9,16,18-19,28,38-39,41H,10-11,33-34H2,1-5H3,(H,35,43)/t16-,18-,19-,28+/m1/s1. The third-order valence-electron chi connectivity index (χ3n) is 8.24. The molecule has 3 heterocycles. The monoisotopic (exact) mass is 665 g/mol. The molecular weight excluding hydrogens is 630 g/mol. The zero-order chi connectivity index (χ0) is 35.0. The highest BCUT2D eigenvalue weighted by Gasteiger charge is 2.38. The third-order valence-corrected chi connectivity index (χ3v) is 8.24. The first kappa shape index (κ1) is 34.1. The molecular formula is C32H35N5O11. The van der Waals surface area contributed by atoms with Gasteiger partial charge < -0.3 is 55.8 Å². The van der Waals surface area contributed by atoms with E-state index in [0.29, 0.717) is 0 Å². The predicted octanol–water partition coefficient (Wildman–Crippen LogP) is 0.833. The number of benzene rings is 1. The van der Waals surface area contributed by atoms with Crippen molar-refractivity contribution in [2.24, 2.45) is 5.73 Å². The van der Waals surface area contributed by atoms with E-state index >= 15 is 0 Å². The molecule has 0 spiro atoms. The number of aromatic nitrogens is 2. The Balaban J connectivity index is 1.65. The molecule has 254 valence electrons. The van der Waals surface area contributed by atoms with Gasteiger partial charge >= 0.3 is 0 Å². The maximum atomic E-state index is 13.8. The zero-order valence-electron chi connectivity index (χ0n) is 26.7. The summed E-state index contributed by atoms with van der Waals surface area (Å²) in [5, 5.41) is 34.7. The minimum atomic E-state index is -1.31. The second kappa shape index (κ2) is 13.4. The van der Waals surface area contributed by atoms with Gasteiger partial charge in [0.1, 0.15) is 35.0 Å². The van der Waals surface area contributed by atoms with E-state index in [1.807, 2.05) is 0 Å². The van der Waals surface area contributed by atoms with Crippen LogP contribution in [0.15, 0.2) is 35.7 Å². The van der Waals surface area contributed by atoms with Crippen LogP contribution < -0.4 is 26.3 Å². The number of ether oxygens (including phenoxy) is 5. The number of phenols is 1. The zero-order valence-corrected chi connectivity index (χ0v) is 26.7. The number of hydrogen-bond donors (Lipinski definition) is 6. The molecule has 1 saturated heterocycles. The summed E-state index contributed by atoms with van der Waals surface area (Å²) in [4.78, 5) is 48.7. The number of fused-ring (bicyclic) bond motifs is 1. The number of allylic oxidation sites excluding steroid dienone is 2. The van der Waals surface area contributed by atoms with Gasteiger partial charge in [0, 0.05) is 31.2 Å². The van der Waals surface area contributed by atoms with Crippen molar-refractivity contribution >= 4 is 23.2 Å². The van der Waals surface area contributed by atoms with Gasteiger partial charge in [-0.25, -0.2) is 9.97 Å². The molecule has 2 aromatic heterocycles. The van der Waals surface area contributed by atoms with E-state index in [9.17, 15) is 29.7 Å². The molecule has 1 amide bonds. The van der Waals surface area contributed by atoms with Crippen LogP contribution in [0, 0.1) is 6.92 Å². The highest BCUT2D eigenvalue weighted by molar-refractivity contribution is 6.25. The number of hydrogen-bond acceptors (Lipinski definition) is 15. The first-order valence-corrected chi connectivity index (χ1v) is 14.6. The maximum Gasteiger partial charge on any atom is 0.270 e. The van der Waals surface area contributed by atoms with Gasteiger partial charge in [0.2, 0.25) is 17.3 Å². The van der Waals surface area contributed by atoms with E-state index in [2.05, 4.69) is 15.3 Å². The van der Waals surface area contributed by atoms with Gasteiger partial charge in [0.25, 0.3) is 5.91 Å². The van der Waals surface area contributed by atoms with Crippen molar-refractivity contribution in [3.8, 4) is 39.8 Å². The first-order chi connectivity index (χ1) is 22.9. The Morgan fingerprint density at radius 1 is 0.979 bits per heavy atom. The van der Waals surface area contributed by atoms with Crippen LogP contribution in [0.5, 0.6) is 17.2 Å². The molecule has 0 saturated carbocycles. The largest absolute Gasteiger partial charge is 0.504 e. The second-order valence-corrected chi connectivity index (χ2v) is 11.0. The number of anilines is 1. The summed E-state index contributed by atoms with van der Waals surface area (Å²) < 4.78 is 26.5. The van der Waals surface area contributed by atoms with E-state index < -0.39 is 47.8 Å². The molecule has 0 bridgehead atoms. The number of nitrogens with zero attached hydrogens (tertiary/aromatic N) is 2. The molecule has 0 unspecified atom stereocenters. The molecule has 1 aliphatic carbocycles. The molecule has 2 aliphatic rings. The SMILES string of the molecule is COC1=C(N)C(=O)c2nc(-c3nc(C(=O)NC[C@H]4O[C@@H](OC)C[C@@H](O)[C@@H]4O)c(C)c(-c4ccc(OC)c(OC)c4O)c3N)ccc2C1=O. The number of phenolic OH excluding ortho intramolecular Hbond substituents is 1. The van der Waals surface area contributed by atoms with Crippen molar-refractivity contribution in [3.63, 3.8) is 0 Å². The normalized spacial score (nSPS) is 20.7. The third kappa shape index (κ3) is 5.74. The van der Waals surface area contributed by atoms with E-state index in [0.717, 1.165) is 0 Å². The Hall–Kier alpha value is -5.29. The summed E-state index contributed by atoms with van der Waals surface area (Å²) in [5.41, 5.74) is 12.1. The van der Waals surface area contributed by atoms with Gasteiger partial charge in [-0.05, 0) is 36.8 Å². The number of ketones is 2. The Bertz CT molecular complexity index is 1840. The first-order valence-electron chi connectivity index (χ1n) is 14.6. The van der Waals surface area contributed by atoms with E-state index in [-0.39, 0.29) is 86.7 Å². The minimum absolute atomic E-state index is 0.0000724. The number of amides is 1. The number of aromatic hydroxyl groups is 1. The lowest BCUT2D eigenvalue weighted by Gasteiger charge is -2.36. The van der Waals surface area contributed by atoms with Gasteiger partial charge in [-0.2, -0.15) is 0 Å². The number of methoxy groups -OCH3 is 4. The van der Waals surface area contributed by atoms with Gasteiger partial charge in [0.15, 0.2) is 23.5 Å². The molecule has 1 fully saturated rings. The van der Waals surface area contributed by atoms with Crippen LogP contribution in [0.3, 0.4) is 0 Å². The highest BCUT2D eigenvalue weighted by Crippen LogP contribution is 2.47. The number of pyridine rings is 2.